The van der Waals surface area contributed by atoms with Crippen molar-refractivity contribution in [2.75, 3.05) is 17.6 Å². The van der Waals surface area contributed by atoms with Crippen molar-refractivity contribution in [3.63, 3.8) is 0 Å². The highest BCUT2D eigenvalue weighted by Crippen LogP contribution is 2.30. The highest BCUT2D eigenvalue weighted by molar-refractivity contribution is 6.83. The SMILES string of the molecule is COc1ccc(CC#N)c(N(C(=O)CCl)[Si](C)(C)C)c1. The summed E-state index contributed by atoms with van der Waals surface area (Å²) in [6.07, 6.45) is 0.246. The largest absolute Gasteiger partial charge is 0.497 e. The number of anilines is 1. The Labute approximate surface area is 126 Å². The second-order valence-electron chi connectivity index (χ2n) is 5.36. The monoisotopic (exact) mass is 310 g/mol. The van der Waals surface area contributed by atoms with Crippen molar-refractivity contribution in [2.45, 2.75) is 26.1 Å². The Kier molecular flexibility index (Phi) is 5.60. The molecule has 0 aliphatic heterocycles. The van der Waals surface area contributed by atoms with Crippen molar-refractivity contribution in [1.29, 1.82) is 5.26 Å². The third kappa shape index (κ3) is 3.75. The molecule has 0 spiro atoms. The molecule has 4 nitrogen and oxygen atoms in total. The first-order valence-electron chi connectivity index (χ1n) is 6.28. The summed E-state index contributed by atoms with van der Waals surface area (Å²) in [5.41, 5.74) is 1.55. The standard InChI is InChI=1S/C14H19ClN2O2Si/c1-19-12-6-5-11(7-8-16)13(9-12)17(14(18)10-15)20(2,3)4/h5-6,9H,7,10H2,1-4H3. The number of hydrogen-bond acceptors (Lipinski definition) is 3. The number of amides is 1. The van der Waals surface area contributed by atoms with E-state index in [1.807, 2.05) is 6.07 Å². The Morgan fingerprint density at radius 2 is 2.10 bits per heavy atom. The number of ether oxygens (including phenoxy) is 1. The molecule has 0 saturated carbocycles. The minimum Gasteiger partial charge on any atom is -0.497 e. The van der Waals surface area contributed by atoms with Gasteiger partial charge in [-0.1, -0.05) is 25.7 Å². The predicted octanol–water partition coefficient (Wildman–Crippen LogP) is 3.17. The van der Waals surface area contributed by atoms with Gasteiger partial charge >= 0.3 is 0 Å². The van der Waals surface area contributed by atoms with E-state index >= 15 is 0 Å². The minimum atomic E-state index is -1.97. The molecular weight excluding hydrogens is 292 g/mol. The summed E-state index contributed by atoms with van der Waals surface area (Å²) in [6, 6.07) is 7.55. The van der Waals surface area contributed by atoms with E-state index in [-0.39, 0.29) is 18.2 Å². The smallest absolute Gasteiger partial charge is 0.233 e. The summed E-state index contributed by atoms with van der Waals surface area (Å²) < 4.78 is 6.98. The second-order valence-corrected chi connectivity index (χ2v) is 10.4. The summed E-state index contributed by atoms with van der Waals surface area (Å²) in [6.45, 7) is 6.19. The number of methoxy groups -OCH3 is 1. The van der Waals surface area contributed by atoms with E-state index in [1.165, 1.54) is 0 Å². The molecule has 1 rings (SSSR count). The fourth-order valence-electron chi connectivity index (χ4n) is 2.04. The molecule has 20 heavy (non-hydrogen) atoms. The lowest BCUT2D eigenvalue weighted by molar-refractivity contribution is -0.115. The topological polar surface area (TPSA) is 53.3 Å². The van der Waals surface area contributed by atoms with Gasteiger partial charge in [-0.25, -0.2) is 0 Å². The zero-order valence-corrected chi connectivity index (χ0v) is 14.0. The molecule has 0 bridgehead atoms. The number of carbonyl (C=O) groups is 1. The van der Waals surface area contributed by atoms with Crippen LogP contribution in [0.4, 0.5) is 5.69 Å². The Bertz CT molecular complexity index is 535. The Hall–Kier alpha value is -1.51. The number of carbonyl (C=O) groups excluding carboxylic acids is 1. The van der Waals surface area contributed by atoms with Crippen LogP contribution in [0.2, 0.25) is 19.6 Å². The molecule has 0 unspecified atom stereocenters. The first-order chi connectivity index (χ1) is 9.35. The summed E-state index contributed by atoms with van der Waals surface area (Å²) in [7, 11) is -0.399. The van der Waals surface area contributed by atoms with Gasteiger partial charge in [-0.3, -0.25) is 4.79 Å². The Morgan fingerprint density at radius 3 is 2.55 bits per heavy atom. The van der Waals surface area contributed by atoms with Crippen molar-refractivity contribution < 1.29 is 9.53 Å². The first-order valence-corrected chi connectivity index (χ1v) is 10.3. The van der Waals surface area contributed by atoms with Gasteiger partial charge in [0, 0.05) is 11.8 Å². The molecular formula is C14H19ClN2O2Si. The van der Waals surface area contributed by atoms with Crippen LogP contribution in [-0.4, -0.2) is 27.1 Å². The third-order valence-corrected chi connectivity index (χ3v) is 4.90. The van der Waals surface area contributed by atoms with Crippen molar-refractivity contribution in [3.8, 4) is 11.8 Å². The summed E-state index contributed by atoms with van der Waals surface area (Å²) in [5, 5.41) is 8.95. The lowest BCUT2D eigenvalue weighted by Crippen LogP contribution is -2.51. The number of rotatable bonds is 5. The maximum absolute atomic E-state index is 12.2. The Morgan fingerprint density at radius 1 is 1.45 bits per heavy atom. The summed E-state index contributed by atoms with van der Waals surface area (Å²) >= 11 is 5.74. The van der Waals surface area contributed by atoms with Crippen molar-refractivity contribution >= 4 is 31.4 Å². The molecule has 108 valence electrons. The van der Waals surface area contributed by atoms with Crippen LogP contribution in [-0.2, 0) is 11.2 Å². The average molecular weight is 311 g/mol. The average Bonchev–Trinajstić information content (AvgIpc) is 2.39. The van der Waals surface area contributed by atoms with Crippen LogP contribution in [0.5, 0.6) is 5.75 Å². The molecule has 1 aromatic carbocycles. The van der Waals surface area contributed by atoms with Crippen LogP contribution >= 0.6 is 11.6 Å². The van der Waals surface area contributed by atoms with Crippen molar-refractivity contribution in [2.24, 2.45) is 0 Å². The molecule has 0 saturated heterocycles. The van der Waals surface area contributed by atoms with Gasteiger partial charge in [0.25, 0.3) is 0 Å². The van der Waals surface area contributed by atoms with Crippen molar-refractivity contribution in [1.82, 2.24) is 0 Å². The molecule has 0 aromatic heterocycles. The lowest BCUT2D eigenvalue weighted by atomic mass is 10.1. The number of benzene rings is 1. The zero-order valence-electron chi connectivity index (χ0n) is 12.2. The Balaban J connectivity index is 3.44. The molecule has 0 atom stereocenters. The second kappa shape index (κ2) is 6.78. The van der Waals surface area contributed by atoms with Crippen LogP contribution in [0.25, 0.3) is 0 Å². The molecule has 0 heterocycles. The zero-order chi connectivity index (χ0) is 15.3. The molecule has 0 aliphatic carbocycles. The number of halogens is 1. The van der Waals surface area contributed by atoms with Crippen LogP contribution in [0.1, 0.15) is 5.56 Å². The van der Waals surface area contributed by atoms with E-state index < -0.39 is 8.24 Å². The van der Waals surface area contributed by atoms with Crippen molar-refractivity contribution in [3.05, 3.63) is 23.8 Å². The molecule has 0 radical (unpaired) electrons. The predicted molar refractivity (Wildman–Crippen MR) is 83.9 cm³/mol. The van der Waals surface area contributed by atoms with Gasteiger partial charge < -0.3 is 9.30 Å². The van der Waals surface area contributed by atoms with Gasteiger partial charge in [0.1, 0.15) is 11.6 Å². The fraction of sp³-hybridized carbons (Fsp3) is 0.429. The maximum atomic E-state index is 12.2. The van der Waals surface area contributed by atoms with Gasteiger partial charge in [-0.2, -0.15) is 5.26 Å². The van der Waals surface area contributed by atoms with Gasteiger partial charge in [-0.05, 0) is 11.6 Å². The quantitative estimate of drug-likeness (QED) is 0.620. The summed E-state index contributed by atoms with van der Waals surface area (Å²) in [4.78, 5) is 12.2. The lowest BCUT2D eigenvalue weighted by Gasteiger charge is -2.35. The fourth-order valence-corrected chi connectivity index (χ4v) is 4.02. The molecule has 0 fully saturated rings. The van der Waals surface area contributed by atoms with Crippen LogP contribution in [0.15, 0.2) is 18.2 Å². The highest BCUT2D eigenvalue weighted by atomic mass is 35.5. The maximum Gasteiger partial charge on any atom is 0.233 e. The third-order valence-electron chi connectivity index (χ3n) is 2.84. The number of hydrogen-bond donors (Lipinski definition) is 0. The highest BCUT2D eigenvalue weighted by Gasteiger charge is 2.31. The molecule has 1 amide bonds. The number of alkyl halides is 1. The van der Waals surface area contributed by atoms with E-state index in [0.717, 1.165) is 11.3 Å². The van der Waals surface area contributed by atoms with E-state index in [4.69, 9.17) is 21.6 Å². The first kappa shape index (κ1) is 16.5. The van der Waals surface area contributed by atoms with E-state index in [9.17, 15) is 4.79 Å². The van der Waals surface area contributed by atoms with Crippen LogP contribution in [0, 0.1) is 11.3 Å². The van der Waals surface area contributed by atoms with E-state index in [0.29, 0.717) is 5.75 Å². The van der Waals surface area contributed by atoms with Gasteiger partial charge in [-0.15, -0.1) is 11.6 Å². The molecule has 1 aromatic rings. The van der Waals surface area contributed by atoms with Crippen LogP contribution in [0.3, 0.4) is 0 Å². The van der Waals surface area contributed by atoms with Crippen LogP contribution < -0.4 is 9.30 Å². The number of nitrogens with zero attached hydrogens (tertiary/aromatic N) is 2. The summed E-state index contributed by atoms with van der Waals surface area (Å²) in [5.74, 6) is 0.443. The molecule has 6 heteroatoms. The van der Waals surface area contributed by atoms with Gasteiger partial charge in [0.05, 0.1) is 19.6 Å². The van der Waals surface area contributed by atoms with E-state index in [1.54, 1.807) is 23.8 Å². The van der Waals surface area contributed by atoms with Gasteiger partial charge in [0.15, 0.2) is 8.24 Å². The number of nitriles is 1. The minimum absolute atomic E-state index is 0.0759. The molecule has 0 N–H and O–H groups in total. The van der Waals surface area contributed by atoms with E-state index in [2.05, 4.69) is 25.7 Å². The molecule has 0 aliphatic rings. The van der Waals surface area contributed by atoms with Gasteiger partial charge in [0.2, 0.25) is 5.91 Å². The normalized spacial score (nSPS) is 10.8.